The zero-order valence-electron chi connectivity index (χ0n) is 15.3. The molecule has 0 aromatic heterocycles. The Balaban J connectivity index is 1.65. The molecule has 0 bridgehead atoms. The summed E-state index contributed by atoms with van der Waals surface area (Å²) in [6.07, 6.45) is 8.88. The van der Waals surface area contributed by atoms with Gasteiger partial charge in [-0.15, -0.1) is 0 Å². The maximum absolute atomic E-state index is 12.6. The number of hydrogen-bond donors (Lipinski definition) is 0. The largest absolute Gasteiger partial charge is 0.416 e. The van der Waals surface area contributed by atoms with Crippen molar-refractivity contribution in [1.29, 1.82) is 5.26 Å². The third kappa shape index (κ3) is 7.58. The molecule has 2 rings (SSSR count). The van der Waals surface area contributed by atoms with Gasteiger partial charge < -0.3 is 0 Å². The molecule has 0 unspecified atom stereocenters. The summed E-state index contributed by atoms with van der Waals surface area (Å²) in [5.41, 5.74) is 0.375. The smallest absolute Gasteiger partial charge is 0.195 e. The molecule has 5 heteroatoms. The number of halogens is 4. The Morgan fingerprint density at radius 3 is 2.19 bits per heavy atom. The molecule has 0 aliphatic heterocycles. The van der Waals surface area contributed by atoms with Crippen LogP contribution in [0.2, 0.25) is 0 Å². The third-order valence-corrected chi connectivity index (χ3v) is 5.32. The number of alkyl halides is 3. The highest BCUT2D eigenvalue weighted by atomic mass is 19.4. The first-order valence-corrected chi connectivity index (χ1v) is 9.47. The molecule has 1 nitrogen and oxygen atoms in total. The Bertz CT molecular complexity index is 672. The number of benzene rings is 1. The van der Waals surface area contributed by atoms with Gasteiger partial charge in [-0.3, -0.25) is 0 Å². The summed E-state index contributed by atoms with van der Waals surface area (Å²) in [6.45, 7) is 0. The van der Waals surface area contributed by atoms with Crippen LogP contribution in [0.25, 0.3) is 0 Å². The lowest BCUT2D eigenvalue weighted by Crippen LogP contribution is -2.15. The zero-order valence-corrected chi connectivity index (χ0v) is 15.3. The van der Waals surface area contributed by atoms with Gasteiger partial charge in [-0.05, 0) is 61.3 Å². The fourth-order valence-electron chi connectivity index (χ4n) is 3.66. The first kappa shape index (κ1) is 21.2. The second kappa shape index (κ2) is 10.3. The number of rotatable bonds is 7. The lowest BCUT2D eigenvalue weighted by atomic mass is 9.78. The maximum Gasteiger partial charge on any atom is 0.416 e. The van der Waals surface area contributed by atoms with Gasteiger partial charge in [0, 0.05) is 0 Å². The van der Waals surface area contributed by atoms with E-state index in [9.17, 15) is 17.6 Å². The summed E-state index contributed by atoms with van der Waals surface area (Å²) in [4.78, 5) is 0. The second-order valence-corrected chi connectivity index (χ2v) is 7.25. The van der Waals surface area contributed by atoms with Crippen molar-refractivity contribution < 1.29 is 17.6 Å². The normalized spacial score (nSPS) is 21.4. The molecule has 1 aromatic carbocycles. The fourth-order valence-corrected chi connectivity index (χ4v) is 3.66. The van der Waals surface area contributed by atoms with Crippen LogP contribution < -0.4 is 0 Å². The Hall–Kier alpha value is -2.09. The summed E-state index contributed by atoms with van der Waals surface area (Å²) >= 11 is 0. The van der Waals surface area contributed by atoms with E-state index in [0.29, 0.717) is 11.8 Å². The fraction of sp³-hybridized carbons (Fsp3) is 0.500. The van der Waals surface area contributed by atoms with E-state index >= 15 is 0 Å². The molecular weight excluding hydrogens is 354 g/mol. The van der Waals surface area contributed by atoms with Gasteiger partial charge in [0.1, 0.15) is 6.07 Å². The van der Waals surface area contributed by atoms with Crippen LogP contribution in [0.15, 0.2) is 48.3 Å². The molecule has 1 aliphatic rings. The maximum atomic E-state index is 12.6. The number of hydrogen-bond acceptors (Lipinski definition) is 1. The van der Waals surface area contributed by atoms with Crippen molar-refractivity contribution in [2.45, 2.75) is 57.5 Å². The van der Waals surface area contributed by atoms with Crippen molar-refractivity contribution in [3.05, 3.63) is 59.4 Å². The van der Waals surface area contributed by atoms with Crippen LogP contribution in [0.4, 0.5) is 17.6 Å². The predicted molar refractivity (Wildman–Crippen MR) is 98.4 cm³/mol. The van der Waals surface area contributed by atoms with Gasteiger partial charge in [0.15, 0.2) is 5.83 Å². The van der Waals surface area contributed by atoms with Crippen LogP contribution >= 0.6 is 0 Å². The number of allylic oxidation sites excluding steroid dienone is 4. The van der Waals surface area contributed by atoms with E-state index in [1.807, 2.05) is 6.08 Å². The van der Waals surface area contributed by atoms with Crippen LogP contribution in [0.1, 0.15) is 56.1 Å². The van der Waals surface area contributed by atoms with Crippen LogP contribution in [-0.4, -0.2) is 0 Å². The molecule has 0 spiro atoms. The van der Waals surface area contributed by atoms with Crippen molar-refractivity contribution in [2.24, 2.45) is 11.8 Å². The van der Waals surface area contributed by atoms with Crippen LogP contribution in [-0.2, 0) is 12.6 Å². The minimum Gasteiger partial charge on any atom is -0.195 e. The highest BCUT2D eigenvalue weighted by Gasteiger charge is 2.30. The van der Waals surface area contributed by atoms with E-state index < -0.39 is 17.6 Å². The Morgan fingerprint density at radius 1 is 1.04 bits per heavy atom. The molecule has 0 saturated heterocycles. The standard InChI is InChI=1S/C22H25F4N/c23-21(16-27)5-3-1-2-4-17-6-8-18(9-7-17)10-11-19-12-14-20(15-13-19)22(24,25)26/h1,3,5,12-15,17-18H,2,4,6-11H2. The van der Waals surface area contributed by atoms with Crippen LogP contribution in [0.3, 0.4) is 0 Å². The Kier molecular flexibility index (Phi) is 8.09. The Labute approximate surface area is 158 Å². The topological polar surface area (TPSA) is 23.8 Å². The average Bonchev–Trinajstić information content (AvgIpc) is 2.66. The summed E-state index contributed by atoms with van der Waals surface area (Å²) in [5, 5.41) is 8.31. The van der Waals surface area contributed by atoms with Crippen molar-refractivity contribution in [3.8, 4) is 6.07 Å². The van der Waals surface area contributed by atoms with E-state index in [0.717, 1.165) is 56.2 Å². The molecule has 0 heterocycles. The number of nitrogens with zero attached hydrogens (tertiary/aromatic N) is 1. The van der Waals surface area contributed by atoms with E-state index in [1.54, 1.807) is 18.2 Å². The molecule has 1 fully saturated rings. The molecule has 1 aromatic rings. The monoisotopic (exact) mass is 379 g/mol. The van der Waals surface area contributed by atoms with Crippen molar-refractivity contribution in [1.82, 2.24) is 0 Å². The third-order valence-electron chi connectivity index (χ3n) is 5.32. The molecule has 0 atom stereocenters. The Morgan fingerprint density at radius 2 is 1.63 bits per heavy atom. The van der Waals surface area contributed by atoms with Crippen molar-refractivity contribution >= 4 is 0 Å². The van der Waals surface area contributed by atoms with Gasteiger partial charge in [0.05, 0.1) is 5.56 Å². The van der Waals surface area contributed by atoms with Crippen LogP contribution in [0, 0.1) is 23.2 Å². The van der Waals surface area contributed by atoms with Gasteiger partial charge in [0.25, 0.3) is 0 Å². The summed E-state index contributed by atoms with van der Waals surface area (Å²) in [6, 6.07) is 6.94. The summed E-state index contributed by atoms with van der Waals surface area (Å²) in [5.74, 6) is 0.549. The molecular formula is C22H25F4N. The predicted octanol–water partition coefficient (Wildman–Crippen LogP) is 7.16. The quantitative estimate of drug-likeness (QED) is 0.280. The zero-order chi connectivity index (χ0) is 19.7. The molecule has 1 saturated carbocycles. The lowest BCUT2D eigenvalue weighted by Gasteiger charge is -2.28. The first-order chi connectivity index (χ1) is 12.9. The highest BCUT2D eigenvalue weighted by molar-refractivity contribution is 5.24. The lowest BCUT2D eigenvalue weighted by molar-refractivity contribution is -0.137. The van der Waals surface area contributed by atoms with Gasteiger partial charge >= 0.3 is 6.18 Å². The van der Waals surface area contributed by atoms with E-state index in [2.05, 4.69) is 0 Å². The average molecular weight is 379 g/mol. The SMILES string of the molecule is N#CC(F)=CC=CCCC1CCC(CCc2ccc(C(F)(F)F)cc2)CC1. The molecule has 27 heavy (non-hydrogen) atoms. The number of nitriles is 1. The number of aryl methyl sites for hydroxylation is 1. The van der Waals surface area contributed by atoms with Gasteiger partial charge in [-0.1, -0.05) is 50.0 Å². The molecule has 0 N–H and O–H groups in total. The van der Waals surface area contributed by atoms with Crippen molar-refractivity contribution in [3.63, 3.8) is 0 Å². The minimum absolute atomic E-state index is 0.591. The van der Waals surface area contributed by atoms with E-state index in [1.165, 1.54) is 25.0 Å². The second-order valence-electron chi connectivity index (χ2n) is 7.25. The minimum atomic E-state index is -4.27. The van der Waals surface area contributed by atoms with Crippen molar-refractivity contribution in [2.75, 3.05) is 0 Å². The summed E-state index contributed by atoms with van der Waals surface area (Å²) < 4.78 is 50.4. The van der Waals surface area contributed by atoms with E-state index in [-0.39, 0.29) is 0 Å². The van der Waals surface area contributed by atoms with E-state index in [4.69, 9.17) is 5.26 Å². The van der Waals surface area contributed by atoms with Crippen LogP contribution in [0.5, 0.6) is 0 Å². The van der Waals surface area contributed by atoms with Gasteiger partial charge in [0.2, 0.25) is 0 Å². The van der Waals surface area contributed by atoms with Gasteiger partial charge in [-0.2, -0.15) is 22.8 Å². The molecule has 146 valence electrons. The van der Waals surface area contributed by atoms with Gasteiger partial charge in [-0.25, -0.2) is 0 Å². The molecule has 1 aliphatic carbocycles. The first-order valence-electron chi connectivity index (χ1n) is 9.47. The summed E-state index contributed by atoms with van der Waals surface area (Å²) in [7, 11) is 0. The molecule has 0 amide bonds. The molecule has 0 radical (unpaired) electrons. The highest BCUT2D eigenvalue weighted by Crippen LogP contribution is 2.34.